The van der Waals surface area contributed by atoms with Crippen LogP contribution in [0.5, 0.6) is 5.75 Å². The van der Waals surface area contributed by atoms with Gasteiger partial charge in [-0.15, -0.1) is 0 Å². The van der Waals surface area contributed by atoms with Crippen molar-refractivity contribution in [1.29, 1.82) is 0 Å². The molecular weight excluding hydrogens is 316 g/mol. The van der Waals surface area contributed by atoms with Gasteiger partial charge in [-0.25, -0.2) is 0 Å². The topological polar surface area (TPSA) is 60.7 Å². The van der Waals surface area contributed by atoms with Crippen molar-refractivity contribution in [2.45, 2.75) is 5.92 Å². The van der Waals surface area contributed by atoms with Gasteiger partial charge in [-0.2, -0.15) is 0 Å². The van der Waals surface area contributed by atoms with Crippen molar-refractivity contribution in [3.63, 3.8) is 0 Å². The Kier molecular flexibility index (Phi) is 4.37. The molecular formula is C9H10Br2O3. The van der Waals surface area contributed by atoms with Gasteiger partial charge in [-0.05, 0) is 49.6 Å². The maximum Gasteiger partial charge on any atom is 0.143 e. The number of aliphatic hydroxyl groups excluding tert-OH is 2. The Morgan fingerprint density at radius 2 is 1.50 bits per heavy atom. The fourth-order valence-electron chi connectivity index (χ4n) is 1.09. The van der Waals surface area contributed by atoms with Crippen LogP contribution in [0.1, 0.15) is 11.5 Å². The molecule has 14 heavy (non-hydrogen) atoms. The first-order chi connectivity index (χ1) is 6.60. The predicted octanol–water partition coefficient (Wildman–Crippen LogP) is 1.99. The highest BCUT2D eigenvalue weighted by Gasteiger charge is 2.13. The molecule has 1 aromatic rings. The van der Waals surface area contributed by atoms with E-state index in [9.17, 15) is 5.11 Å². The van der Waals surface area contributed by atoms with Gasteiger partial charge >= 0.3 is 0 Å². The lowest BCUT2D eigenvalue weighted by Gasteiger charge is -2.13. The van der Waals surface area contributed by atoms with E-state index in [2.05, 4.69) is 31.9 Å². The van der Waals surface area contributed by atoms with E-state index in [0.29, 0.717) is 8.95 Å². The smallest absolute Gasteiger partial charge is 0.143 e. The molecule has 5 heteroatoms. The van der Waals surface area contributed by atoms with Crippen LogP contribution in [0.3, 0.4) is 0 Å². The molecule has 1 aromatic carbocycles. The van der Waals surface area contributed by atoms with Gasteiger partial charge in [-0.1, -0.05) is 0 Å². The fraction of sp³-hybridized carbons (Fsp3) is 0.333. The molecule has 0 bridgehead atoms. The molecule has 3 nitrogen and oxygen atoms in total. The Morgan fingerprint density at radius 3 is 1.86 bits per heavy atom. The molecule has 0 heterocycles. The molecule has 0 unspecified atom stereocenters. The maximum absolute atomic E-state index is 9.44. The summed E-state index contributed by atoms with van der Waals surface area (Å²) in [4.78, 5) is 0. The molecule has 0 aromatic heterocycles. The summed E-state index contributed by atoms with van der Waals surface area (Å²) in [5.74, 6) is -0.202. The first-order valence-corrected chi connectivity index (χ1v) is 5.58. The number of benzene rings is 1. The summed E-state index contributed by atoms with van der Waals surface area (Å²) < 4.78 is 1.07. The summed E-state index contributed by atoms with van der Waals surface area (Å²) in [5, 5.41) is 27.4. The molecule has 0 aliphatic rings. The molecule has 1 rings (SSSR count). The lowest BCUT2D eigenvalue weighted by Crippen LogP contribution is -2.08. The molecule has 78 valence electrons. The van der Waals surface area contributed by atoms with Gasteiger partial charge in [0.05, 0.1) is 22.2 Å². The highest BCUT2D eigenvalue weighted by molar-refractivity contribution is 9.11. The average molecular weight is 326 g/mol. The summed E-state index contributed by atoms with van der Waals surface area (Å²) in [6.07, 6.45) is 0. The van der Waals surface area contributed by atoms with Gasteiger partial charge in [0.2, 0.25) is 0 Å². The van der Waals surface area contributed by atoms with E-state index in [0.717, 1.165) is 5.56 Å². The lowest BCUT2D eigenvalue weighted by atomic mass is 10.0. The molecule has 0 saturated carbocycles. The Balaban J connectivity index is 3.11. The SMILES string of the molecule is OCC(CO)c1cc(Br)c(O)c(Br)c1. The summed E-state index contributed by atoms with van der Waals surface area (Å²) in [6.45, 7) is -0.250. The van der Waals surface area contributed by atoms with Gasteiger partial charge < -0.3 is 15.3 Å². The predicted molar refractivity (Wildman–Crippen MR) is 60.4 cm³/mol. The second kappa shape index (κ2) is 5.11. The van der Waals surface area contributed by atoms with Crippen molar-refractivity contribution in [3.05, 3.63) is 26.6 Å². The normalized spacial score (nSPS) is 10.9. The summed E-state index contributed by atoms with van der Waals surface area (Å²) in [6, 6.07) is 3.36. The van der Waals surface area contributed by atoms with Crippen molar-refractivity contribution in [2.75, 3.05) is 13.2 Å². The van der Waals surface area contributed by atoms with E-state index < -0.39 is 0 Å². The summed E-state index contributed by atoms with van der Waals surface area (Å²) in [5.41, 5.74) is 0.770. The number of aromatic hydroxyl groups is 1. The first kappa shape index (κ1) is 12.0. The minimum atomic E-state index is -0.316. The third-order valence-electron chi connectivity index (χ3n) is 1.95. The molecule has 0 amide bonds. The minimum Gasteiger partial charge on any atom is -0.506 e. The average Bonchev–Trinajstić information content (AvgIpc) is 2.16. The highest BCUT2D eigenvalue weighted by Crippen LogP contribution is 2.35. The molecule has 0 radical (unpaired) electrons. The minimum absolute atomic E-state index is 0.114. The second-order valence-electron chi connectivity index (χ2n) is 2.90. The molecule has 0 fully saturated rings. The van der Waals surface area contributed by atoms with E-state index in [-0.39, 0.29) is 24.9 Å². The molecule has 0 aliphatic heterocycles. The van der Waals surface area contributed by atoms with E-state index in [4.69, 9.17) is 10.2 Å². The standard InChI is InChI=1S/C9H10Br2O3/c10-7-1-5(6(3-12)4-13)2-8(11)9(7)14/h1-2,6,12-14H,3-4H2. The molecule has 0 aliphatic carbocycles. The quantitative estimate of drug-likeness (QED) is 0.796. The third kappa shape index (κ3) is 2.48. The molecule has 0 spiro atoms. The van der Waals surface area contributed by atoms with Crippen LogP contribution < -0.4 is 0 Å². The molecule has 0 atom stereocenters. The van der Waals surface area contributed by atoms with Crippen LogP contribution in [0.2, 0.25) is 0 Å². The van der Waals surface area contributed by atoms with Crippen LogP contribution in [0.4, 0.5) is 0 Å². The third-order valence-corrected chi connectivity index (χ3v) is 3.16. The van der Waals surface area contributed by atoms with Crippen molar-refractivity contribution in [1.82, 2.24) is 0 Å². The number of halogens is 2. The second-order valence-corrected chi connectivity index (χ2v) is 4.60. The number of hydrogen-bond donors (Lipinski definition) is 3. The van der Waals surface area contributed by atoms with E-state index >= 15 is 0 Å². The fourth-order valence-corrected chi connectivity index (χ4v) is 2.31. The van der Waals surface area contributed by atoms with Crippen LogP contribution in [0, 0.1) is 0 Å². The lowest BCUT2D eigenvalue weighted by molar-refractivity contribution is 0.192. The number of phenols is 1. The van der Waals surface area contributed by atoms with E-state index in [1.807, 2.05) is 0 Å². The highest BCUT2D eigenvalue weighted by atomic mass is 79.9. The van der Waals surface area contributed by atoms with Crippen molar-refractivity contribution < 1.29 is 15.3 Å². The van der Waals surface area contributed by atoms with Crippen LogP contribution in [-0.4, -0.2) is 28.5 Å². The summed E-state index contributed by atoms with van der Waals surface area (Å²) >= 11 is 6.36. The largest absolute Gasteiger partial charge is 0.506 e. The van der Waals surface area contributed by atoms with Gasteiger partial charge in [0, 0.05) is 5.92 Å². The maximum atomic E-state index is 9.44. The van der Waals surface area contributed by atoms with Crippen LogP contribution >= 0.6 is 31.9 Å². The van der Waals surface area contributed by atoms with Crippen molar-refractivity contribution >= 4 is 31.9 Å². The number of phenolic OH excluding ortho intramolecular Hbond substituents is 1. The van der Waals surface area contributed by atoms with Gasteiger partial charge in [0.1, 0.15) is 5.75 Å². The zero-order chi connectivity index (χ0) is 10.7. The zero-order valence-electron chi connectivity index (χ0n) is 7.24. The van der Waals surface area contributed by atoms with Gasteiger partial charge in [-0.3, -0.25) is 0 Å². The van der Waals surface area contributed by atoms with Crippen LogP contribution in [0.15, 0.2) is 21.1 Å². The number of rotatable bonds is 3. The summed E-state index contributed by atoms with van der Waals surface area (Å²) in [7, 11) is 0. The zero-order valence-corrected chi connectivity index (χ0v) is 10.4. The number of hydrogen-bond acceptors (Lipinski definition) is 3. The molecule has 3 N–H and O–H groups in total. The van der Waals surface area contributed by atoms with E-state index in [1.54, 1.807) is 12.1 Å². The molecule has 0 saturated heterocycles. The monoisotopic (exact) mass is 324 g/mol. The van der Waals surface area contributed by atoms with Gasteiger partial charge in [0.25, 0.3) is 0 Å². The van der Waals surface area contributed by atoms with E-state index in [1.165, 1.54) is 0 Å². The number of aliphatic hydroxyl groups is 2. The first-order valence-electron chi connectivity index (χ1n) is 3.99. The van der Waals surface area contributed by atoms with Gasteiger partial charge in [0.15, 0.2) is 0 Å². The Labute approximate surface area is 98.6 Å². The van der Waals surface area contributed by atoms with Crippen LogP contribution in [0.25, 0.3) is 0 Å². The Morgan fingerprint density at radius 1 is 1.07 bits per heavy atom. The van der Waals surface area contributed by atoms with Crippen molar-refractivity contribution in [2.24, 2.45) is 0 Å². The van der Waals surface area contributed by atoms with Crippen molar-refractivity contribution in [3.8, 4) is 5.75 Å². The van der Waals surface area contributed by atoms with Crippen LogP contribution in [-0.2, 0) is 0 Å². The Hall–Kier alpha value is -0.100. The Bertz CT molecular complexity index is 301.